The highest BCUT2D eigenvalue weighted by Crippen LogP contribution is 2.28. The van der Waals surface area contributed by atoms with Gasteiger partial charge in [0, 0.05) is 25.8 Å². The van der Waals surface area contributed by atoms with Crippen molar-refractivity contribution in [2.45, 2.75) is 43.6 Å². The predicted molar refractivity (Wildman–Crippen MR) is 123 cm³/mol. The largest absolute Gasteiger partial charge is 0.449 e. The number of carbonyl (C=O) groups excluding carboxylic acids is 2. The molecule has 0 aliphatic carbocycles. The molecule has 172 valence electrons. The maximum absolute atomic E-state index is 13.1. The van der Waals surface area contributed by atoms with E-state index in [0.29, 0.717) is 18.8 Å². The van der Waals surface area contributed by atoms with E-state index in [1.165, 1.54) is 34.3 Å². The molecule has 0 N–H and O–H groups in total. The van der Waals surface area contributed by atoms with Crippen LogP contribution in [0.3, 0.4) is 0 Å². The van der Waals surface area contributed by atoms with Crippen molar-refractivity contribution in [2.75, 3.05) is 25.0 Å². The van der Waals surface area contributed by atoms with Crippen LogP contribution in [0.1, 0.15) is 43.0 Å². The highest BCUT2D eigenvalue weighted by molar-refractivity contribution is 7.89. The molecule has 1 heterocycles. The van der Waals surface area contributed by atoms with Gasteiger partial charge in [-0.3, -0.25) is 4.79 Å². The Morgan fingerprint density at radius 3 is 2.28 bits per heavy atom. The first kappa shape index (κ1) is 24.2. The minimum atomic E-state index is -3.85. The molecule has 32 heavy (non-hydrogen) atoms. The Hall–Kier alpha value is -2.42. The number of hydrogen-bond acceptors (Lipinski definition) is 5. The fourth-order valence-corrected chi connectivity index (χ4v) is 5.60. The Labute approximate surface area is 194 Å². The minimum absolute atomic E-state index is 0.0183. The van der Waals surface area contributed by atoms with Gasteiger partial charge in [0.2, 0.25) is 10.0 Å². The standard InChI is InChI=1S/C23H27ClN2O5S/c1-17(22(27)25(2)19-10-6-5-7-11-19)31-23(28)18-12-13-20(24)21(16-18)32(29,30)26-14-8-3-4-9-15-26/h5-7,10-13,16-17H,3-4,8-9,14-15H2,1-2H3. The smallest absolute Gasteiger partial charge is 0.338 e. The molecule has 0 spiro atoms. The molecule has 0 bridgehead atoms. The van der Waals surface area contributed by atoms with Crippen LogP contribution in [0.4, 0.5) is 5.69 Å². The van der Waals surface area contributed by atoms with E-state index in [2.05, 4.69) is 0 Å². The Morgan fingerprint density at radius 2 is 1.66 bits per heavy atom. The Balaban J connectivity index is 1.76. The lowest BCUT2D eigenvalue weighted by Gasteiger charge is -2.22. The summed E-state index contributed by atoms with van der Waals surface area (Å²) in [6.07, 6.45) is 2.47. The summed E-state index contributed by atoms with van der Waals surface area (Å²) in [6.45, 7) is 2.32. The number of nitrogens with zero attached hydrogens (tertiary/aromatic N) is 2. The summed E-state index contributed by atoms with van der Waals surface area (Å²) in [5.74, 6) is -1.20. The monoisotopic (exact) mass is 478 g/mol. The molecular weight excluding hydrogens is 452 g/mol. The van der Waals surface area contributed by atoms with Gasteiger partial charge in [0.05, 0.1) is 10.6 Å². The molecule has 1 atom stereocenters. The zero-order chi connectivity index (χ0) is 23.3. The fourth-order valence-electron chi connectivity index (χ4n) is 3.58. The van der Waals surface area contributed by atoms with Crippen LogP contribution in [0.2, 0.25) is 5.02 Å². The van der Waals surface area contributed by atoms with Crippen molar-refractivity contribution in [1.29, 1.82) is 0 Å². The Morgan fingerprint density at radius 1 is 1.03 bits per heavy atom. The van der Waals surface area contributed by atoms with Gasteiger partial charge in [-0.05, 0) is 50.1 Å². The number of anilines is 1. The third-order valence-electron chi connectivity index (χ3n) is 5.46. The highest BCUT2D eigenvalue weighted by atomic mass is 35.5. The molecule has 0 saturated carbocycles. The third-order valence-corrected chi connectivity index (χ3v) is 7.84. The van der Waals surface area contributed by atoms with Gasteiger partial charge >= 0.3 is 5.97 Å². The number of carbonyl (C=O) groups is 2. The van der Waals surface area contributed by atoms with Gasteiger partial charge in [0.25, 0.3) is 5.91 Å². The first-order valence-corrected chi connectivity index (χ1v) is 12.4. The summed E-state index contributed by atoms with van der Waals surface area (Å²) in [6, 6.07) is 13.0. The maximum Gasteiger partial charge on any atom is 0.338 e. The summed E-state index contributed by atoms with van der Waals surface area (Å²) in [4.78, 5) is 26.6. The number of hydrogen-bond donors (Lipinski definition) is 0. The number of benzene rings is 2. The van der Waals surface area contributed by atoms with Gasteiger partial charge in [-0.25, -0.2) is 13.2 Å². The number of sulfonamides is 1. The zero-order valence-electron chi connectivity index (χ0n) is 18.2. The molecular formula is C23H27ClN2O5S. The Bertz CT molecular complexity index is 1070. The van der Waals surface area contributed by atoms with E-state index >= 15 is 0 Å². The lowest BCUT2D eigenvalue weighted by molar-refractivity contribution is -0.126. The SMILES string of the molecule is CC(OC(=O)c1ccc(Cl)c(S(=O)(=O)N2CCCCCC2)c1)C(=O)N(C)c1ccccc1. The van der Waals surface area contributed by atoms with Crippen LogP contribution in [-0.4, -0.2) is 50.8 Å². The maximum atomic E-state index is 13.1. The van der Waals surface area contributed by atoms with Crippen LogP contribution in [0.25, 0.3) is 0 Å². The normalized spacial score (nSPS) is 16.1. The molecule has 0 radical (unpaired) electrons. The average Bonchev–Trinajstić information content (AvgIpc) is 3.09. The molecule has 3 rings (SSSR count). The molecule has 1 amide bonds. The molecule has 7 nitrogen and oxygen atoms in total. The summed E-state index contributed by atoms with van der Waals surface area (Å²) in [5, 5.41) is 0.0405. The second-order valence-electron chi connectivity index (χ2n) is 7.74. The lowest BCUT2D eigenvalue weighted by Crippen LogP contribution is -2.37. The second kappa shape index (κ2) is 10.5. The number of halogens is 1. The van der Waals surface area contributed by atoms with Gasteiger partial charge in [-0.2, -0.15) is 4.31 Å². The summed E-state index contributed by atoms with van der Waals surface area (Å²) < 4.78 is 33.0. The molecule has 9 heteroatoms. The molecule has 1 aliphatic rings. The predicted octanol–water partition coefficient (Wildman–Crippen LogP) is 4.11. The van der Waals surface area contributed by atoms with E-state index in [1.807, 2.05) is 6.07 Å². The molecule has 1 unspecified atom stereocenters. The third kappa shape index (κ3) is 5.49. The number of likely N-dealkylation sites (N-methyl/N-ethyl adjacent to an activating group) is 1. The topological polar surface area (TPSA) is 84.0 Å². The fraction of sp³-hybridized carbons (Fsp3) is 0.391. The molecule has 1 fully saturated rings. The van der Waals surface area contributed by atoms with E-state index in [9.17, 15) is 18.0 Å². The van der Waals surface area contributed by atoms with E-state index in [4.69, 9.17) is 16.3 Å². The van der Waals surface area contributed by atoms with E-state index in [-0.39, 0.29) is 15.5 Å². The van der Waals surface area contributed by atoms with Crippen molar-refractivity contribution >= 4 is 39.2 Å². The van der Waals surface area contributed by atoms with E-state index in [1.54, 1.807) is 31.3 Å². The zero-order valence-corrected chi connectivity index (χ0v) is 19.7. The lowest BCUT2D eigenvalue weighted by atomic mass is 10.2. The first-order valence-electron chi connectivity index (χ1n) is 10.5. The molecule has 2 aromatic carbocycles. The number of amides is 1. The number of rotatable bonds is 6. The van der Waals surface area contributed by atoms with Crippen LogP contribution in [-0.2, 0) is 19.6 Å². The van der Waals surface area contributed by atoms with E-state index < -0.39 is 28.0 Å². The quantitative estimate of drug-likeness (QED) is 0.583. The summed E-state index contributed by atoms with van der Waals surface area (Å²) in [5.41, 5.74) is 0.683. The molecule has 1 saturated heterocycles. The van der Waals surface area contributed by atoms with Crippen molar-refractivity contribution < 1.29 is 22.7 Å². The van der Waals surface area contributed by atoms with Gasteiger partial charge in [0.1, 0.15) is 4.90 Å². The Kier molecular flexibility index (Phi) is 7.92. The van der Waals surface area contributed by atoms with Gasteiger partial charge in [0.15, 0.2) is 6.10 Å². The van der Waals surface area contributed by atoms with Crippen molar-refractivity contribution in [3.8, 4) is 0 Å². The van der Waals surface area contributed by atoms with Crippen LogP contribution in [0.5, 0.6) is 0 Å². The summed E-state index contributed by atoms with van der Waals surface area (Å²) in [7, 11) is -2.25. The van der Waals surface area contributed by atoms with Crippen LogP contribution < -0.4 is 4.90 Å². The van der Waals surface area contributed by atoms with Crippen molar-refractivity contribution in [3.63, 3.8) is 0 Å². The van der Waals surface area contributed by atoms with Crippen molar-refractivity contribution in [1.82, 2.24) is 4.31 Å². The molecule has 1 aliphatic heterocycles. The van der Waals surface area contributed by atoms with Gasteiger partial charge < -0.3 is 9.64 Å². The molecule has 2 aromatic rings. The number of para-hydroxylation sites is 1. The highest BCUT2D eigenvalue weighted by Gasteiger charge is 2.29. The summed E-state index contributed by atoms with van der Waals surface area (Å²) >= 11 is 6.19. The van der Waals surface area contributed by atoms with Gasteiger partial charge in [-0.15, -0.1) is 0 Å². The average molecular weight is 479 g/mol. The van der Waals surface area contributed by atoms with Crippen LogP contribution >= 0.6 is 11.6 Å². The van der Waals surface area contributed by atoms with Crippen LogP contribution in [0.15, 0.2) is 53.4 Å². The van der Waals surface area contributed by atoms with Crippen molar-refractivity contribution in [2.24, 2.45) is 0 Å². The number of ether oxygens (including phenoxy) is 1. The number of esters is 1. The first-order chi connectivity index (χ1) is 15.2. The van der Waals surface area contributed by atoms with E-state index in [0.717, 1.165) is 25.7 Å². The second-order valence-corrected chi connectivity index (χ2v) is 10.1. The van der Waals surface area contributed by atoms with Crippen molar-refractivity contribution in [3.05, 3.63) is 59.1 Å². The minimum Gasteiger partial charge on any atom is -0.449 e. The molecule has 0 aromatic heterocycles. The van der Waals surface area contributed by atoms with Crippen LogP contribution in [0, 0.1) is 0 Å². The van der Waals surface area contributed by atoms with Gasteiger partial charge in [-0.1, -0.05) is 42.6 Å².